The van der Waals surface area contributed by atoms with Crippen LogP contribution in [0.2, 0.25) is 0 Å². The Labute approximate surface area is 470 Å². The molecule has 0 saturated carbocycles. The Kier molecular flexibility index (Phi) is 18.4. The molecule has 4 amide bonds. The van der Waals surface area contributed by atoms with Crippen LogP contribution in [0.15, 0.2) is 79.1 Å². The summed E-state index contributed by atoms with van der Waals surface area (Å²) in [4.78, 5) is 79.4. The van der Waals surface area contributed by atoms with E-state index in [-0.39, 0.29) is 60.4 Å². The van der Waals surface area contributed by atoms with Gasteiger partial charge >= 0.3 is 0 Å². The number of amides is 4. The van der Waals surface area contributed by atoms with Crippen molar-refractivity contribution in [2.24, 2.45) is 5.41 Å². The number of benzene rings is 3. The highest BCUT2D eigenvalue weighted by atomic mass is 19.1. The summed E-state index contributed by atoms with van der Waals surface area (Å²) in [6, 6.07) is 18.1. The molecule has 1 saturated heterocycles. The molecule has 0 unspecified atom stereocenters. The molecule has 0 radical (unpaired) electrons. The van der Waals surface area contributed by atoms with E-state index in [4.69, 9.17) is 15.6 Å². The number of nitrogens with one attached hydrogen (secondary N) is 3. The molecule has 16 nitrogen and oxygen atoms in total. The van der Waals surface area contributed by atoms with Crippen molar-refractivity contribution in [1.82, 2.24) is 40.5 Å². The van der Waals surface area contributed by atoms with E-state index in [0.717, 1.165) is 104 Å². The first-order valence-electron chi connectivity index (χ1n) is 29.0. The summed E-state index contributed by atoms with van der Waals surface area (Å²) in [5, 5.41) is 14.2. The maximum absolute atomic E-state index is 14.8. The number of anilines is 2. The summed E-state index contributed by atoms with van der Waals surface area (Å²) in [5.41, 5.74) is 14.4. The number of hydrogen-bond acceptors (Lipinski definition) is 11. The number of hydrogen-bond donors (Lipinski definition) is 4. The molecule has 2 bridgehead atoms. The Morgan fingerprint density at radius 1 is 0.863 bits per heavy atom. The van der Waals surface area contributed by atoms with Gasteiger partial charge in [-0.05, 0) is 135 Å². The number of carbonyl (C=O) groups is 5. The second kappa shape index (κ2) is 25.5. The second-order valence-corrected chi connectivity index (χ2v) is 23.6. The quantitative estimate of drug-likeness (QED) is 0.0542. The van der Waals surface area contributed by atoms with Gasteiger partial charge in [0.25, 0.3) is 5.91 Å². The molecule has 80 heavy (non-hydrogen) atoms. The van der Waals surface area contributed by atoms with Gasteiger partial charge in [0.1, 0.15) is 35.3 Å². The van der Waals surface area contributed by atoms with Crippen LogP contribution in [0.25, 0.3) is 11.1 Å². The minimum Gasteiger partial charge on any atom is -0.494 e. The molecule has 4 aliphatic rings. The lowest BCUT2D eigenvalue weighted by molar-refractivity contribution is -0.147. The first kappa shape index (κ1) is 57.5. The van der Waals surface area contributed by atoms with Crippen LogP contribution < -0.4 is 31.3 Å². The average Bonchev–Trinajstić information content (AvgIpc) is 4.21. The van der Waals surface area contributed by atoms with Gasteiger partial charge in [-0.2, -0.15) is 5.10 Å². The van der Waals surface area contributed by atoms with Gasteiger partial charge in [0, 0.05) is 75.0 Å². The molecule has 3 aliphatic heterocycles. The number of likely N-dealkylation sites (N-methyl/N-ethyl adjacent to an activating group) is 1. The fraction of sp³-hybridized carbons (Fsp3) is 0.508. The lowest BCUT2D eigenvalue weighted by atomic mass is 9.83. The highest BCUT2D eigenvalue weighted by Gasteiger charge is 2.43. The zero-order valence-corrected chi connectivity index (χ0v) is 47.6. The van der Waals surface area contributed by atoms with E-state index in [0.29, 0.717) is 73.8 Å². The molecule has 2 aromatic heterocycles. The van der Waals surface area contributed by atoms with Gasteiger partial charge in [-0.15, -0.1) is 0 Å². The number of rotatable bonds is 20. The molecule has 1 aliphatic carbocycles. The molecule has 5 N–H and O–H groups in total. The molecular formula is C63H81FN10O6. The number of aryl methyl sites for hydroxylation is 2. The topological polar surface area (TPSA) is 197 Å². The minimum absolute atomic E-state index is 0.143. The van der Waals surface area contributed by atoms with E-state index in [9.17, 15) is 28.4 Å². The molecular weight excluding hydrogens is 1010 g/mol. The van der Waals surface area contributed by atoms with E-state index in [1.807, 2.05) is 68.0 Å². The third kappa shape index (κ3) is 13.4. The van der Waals surface area contributed by atoms with Gasteiger partial charge in [-0.3, -0.25) is 28.7 Å². The molecule has 0 spiro atoms. The summed E-state index contributed by atoms with van der Waals surface area (Å²) >= 11 is 0. The lowest BCUT2D eigenvalue weighted by Crippen LogP contribution is -2.62. The number of fused-ring (bicyclic) bond motifs is 10. The monoisotopic (exact) mass is 1090 g/mol. The summed E-state index contributed by atoms with van der Waals surface area (Å²) < 4.78 is 22.8. The Morgan fingerprint density at radius 2 is 1.64 bits per heavy atom. The van der Waals surface area contributed by atoms with Crippen molar-refractivity contribution in [3.05, 3.63) is 124 Å². The lowest BCUT2D eigenvalue weighted by Gasteiger charge is -2.41. The predicted molar refractivity (Wildman–Crippen MR) is 308 cm³/mol. The van der Waals surface area contributed by atoms with Crippen molar-refractivity contribution in [3.8, 4) is 16.9 Å². The number of nitrogens with zero attached hydrogens (tertiary/aromatic N) is 6. The van der Waals surface area contributed by atoms with Gasteiger partial charge in [-0.1, -0.05) is 76.8 Å². The summed E-state index contributed by atoms with van der Waals surface area (Å²) in [5.74, 6) is -0.0492. The number of pyridine rings is 1. The molecule has 426 valence electrons. The first-order chi connectivity index (χ1) is 38.5. The van der Waals surface area contributed by atoms with Gasteiger partial charge in [0.15, 0.2) is 0 Å². The molecule has 5 atom stereocenters. The number of carbonyl (C=O) groups excluding carboxylic acids is 5. The first-order valence-corrected chi connectivity index (χ1v) is 29.0. The van der Waals surface area contributed by atoms with Crippen molar-refractivity contribution in [3.63, 3.8) is 0 Å². The number of nitrogens with two attached hydrogens (primary N) is 1. The van der Waals surface area contributed by atoms with E-state index < -0.39 is 23.5 Å². The van der Waals surface area contributed by atoms with Gasteiger partial charge < -0.3 is 41.1 Å². The Bertz CT molecular complexity index is 3060. The van der Waals surface area contributed by atoms with Crippen molar-refractivity contribution < 1.29 is 33.1 Å². The van der Waals surface area contributed by atoms with Crippen molar-refractivity contribution in [2.45, 2.75) is 174 Å². The fourth-order valence-corrected chi connectivity index (χ4v) is 12.0. The van der Waals surface area contributed by atoms with Crippen LogP contribution in [0.3, 0.4) is 0 Å². The van der Waals surface area contributed by atoms with Gasteiger partial charge in [0.05, 0.1) is 42.7 Å². The number of halogens is 1. The van der Waals surface area contributed by atoms with Crippen LogP contribution in [0.4, 0.5) is 15.9 Å². The number of ether oxygens (including phenoxy) is 1. The van der Waals surface area contributed by atoms with E-state index in [1.165, 1.54) is 17.7 Å². The molecule has 9 rings (SSSR count). The zero-order valence-electron chi connectivity index (χ0n) is 47.6. The van der Waals surface area contributed by atoms with Crippen molar-refractivity contribution in [1.29, 1.82) is 0 Å². The normalized spacial score (nSPS) is 18.6. The summed E-state index contributed by atoms with van der Waals surface area (Å²) in [6.45, 7) is 9.76. The number of nitrogen functional groups attached to an aromatic ring is 1. The van der Waals surface area contributed by atoms with E-state index in [2.05, 4.69) is 38.0 Å². The third-order valence-corrected chi connectivity index (χ3v) is 16.7. The molecule has 17 heteroatoms. The molecule has 1 fully saturated rings. The predicted octanol–water partition coefficient (Wildman–Crippen LogP) is 9.34. The number of unbranched alkanes of at least 4 members (excludes halogenated alkanes) is 5. The number of Topliss-reactive ketones (excluding diaryl/α,β-unsaturated/α-hetero) is 1. The van der Waals surface area contributed by atoms with Crippen LogP contribution in [0, 0.1) is 11.2 Å². The van der Waals surface area contributed by atoms with E-state index in [1.54, 1.807) is 43.1 Å². The van der Waals surface area contributed by atoms with Gasteiger partial charge in [-0.25, -0.2) is 9.37 Å². The average molecular weight is 1090 g/mol. The second-order valence-electron chi connectivity index (χ2n) is 23.6. The molecule has 3 aromatic carbocycles. The van der Waals surface area contributed by atoms with Crippen LogP contribution in [-0.4, -0.2) is 99.3 Å². The van der Waals surface area contributed by atoms with Crippen LogP contribution in [0.1, 0.15) is 167 Å². The Hall–Kier alpha value is -7.14. The van der Waals surface area contributed by atoms with Crippen molar-refractivity contribution in [2.75, 3.05) is 37.9 Å². The fourth-order valence-electron chi connectivity index (χ4n) is 12.0. The summed E-state index contributed by atoms with van der Waals surface area (Å²) in [7, 11) is 3.45. The zero-order chi connectivity index (χ0) is 56.7. The molecule has 5 heterocycles. The van der Waals surface area contributed by atoms with Gasteiger partial charge in [0.2, 0.25) is 17.7 Å². The minimum atomic E-state index is -0.868. The summed E-state index contributed by atoms with van der Waals surface area (Å²) in [6.07, 6.45) is 15.8. The number of aromatic nitrogens is 3. The van der Waals surface area contributed by atoms with Crippen LogP contribution in [0.5, 0.6) is 5.75 Å². The van der Waals surface area contributed by atoms with Crippen LogP contribution in [-0.2, 0) is 51.7 Å². The van der Waals surface area contributed by atoms with E-state index >= 15 is 0 Å². The van der Waals surface area contributed by atoms with Crippen molar-refractivity contribution >= 4 is 40.9 Å². The maximum Gasteiger partial charge on any atom is 0.254 e. The highest BCUT2D eigenvalue weighted by Crippen LogP contribution is 2.42. The smallest absolute Gasteiger partial charge is 0.254 e. The molecule has 5 aromatic rings. The Balaban J connectivity index is 0.735. The number of ketones is 1. The SMILES string of the molecule is CN[C@@H](C)C(=O)N[C@H](C(=O)N1Cc2cc(OCCCCCCCCC(=O)CCCn3cc4c(n3)CN(C)C(=O)c3ccc(F)cc3[C@H]3CCCN3c3cc-4cnc3N)ccc2C[C@H]1C(=O)N[C@@H]1CCCc2ccccc21)C(C)(C)C. The third-order valence-electron chi connectivity index (χ3n) is 16.7. The highest BCUT2D eigenvalue weighted by molar-refractivity contribution is 5.96. The maximum atomic E-state index is 14.8. The van der Waals surface area contributed by atoms with Crippen LogP contribution >= 0.6 is 0 Å². The Morgan fingerprint density at radius 3 is 2.44 bits per heavy atom. The largest absolute Gasteiger partial charge is 0.494 e. The standard InChI is InChI=1S/C63H81FN10O6/c1-40(66-5)59(76)69-57(63(2,3)4)62(79)74-37-44-32-47(27-25-42(44)33-56(74)60(77)68-52-23-15-19-41-18-12-13-22-48(41)52)80-31-14-10-8-7-9-11-20-46(75)21-16-29-72-38-51-43-34-55(58(65)67-36-43)73-30-17-24-54(73)50-35-45(64)26-28-49(50)61(78)71(6)39-53(51)70-72/h12-13,18,22,25-28,32,34-36,38,40,52,54,56-57,66H,7-11,14-17,19-21,23-24,29-31,33,37,39H2,1-6H3,(H2,65,67)(H,68,77)(H,69,76)/t40-,52+,54+,56-,57+/m0/s1.